The van der Waals surface area contributed by atoms with Crippen LogP contribution in [0.15, 0.2) is 52.2 Å². The molecule has 0 amide bonds. The second-order valence-corrected chi connectivity index (χ2v) is 13.0. The Morgan fingerprint density at radius 2 is 1.89 bits per heavy atom. The largest absolute Gasteiger partial charge is 0.494 e. The van der Waals surface area contributed by atoms with Crippen LogP contribution in [0.25, 0.3) is 21.6 Å². The van der Waals surface area contributed by atoms with Crippen LogP contribution in [0.2, 0.25) is 0 Å². The van der Waals surface area contributed by atoms with E-state index in [1.807, 2.05) is 24.4 Å². The minimum atomic E-state index is -3.66. The van der Waals surface area contributed by atoms with Gasteiger partial charge in [-0.2, -0.15) is 0 Å². The normalized spacial score (nSPS) is 14.1. The van der Waals surface area contributed by atoms with Crippen LogP contribution >= 0.6 is 22.7 Å². The highest BCUT2D eigenvalue weighted by Gasteiger charge is 2.30. The van der Waals surface area contributed by atoms with E-state index in [-0.39, 0.29) is 11.8 Å². The number of aromatic hydroxyl groups is 2. The van der Waals surface area contributed by atoms with E-state index >= 15 is 0 Å². The van der Waals surface area contributed by atoms with E-state index < -0.39 is 10.0 Å². The van der Waals surface area contributed by atoms with Gasteiger partial charge in [-0.05, 0) is 23.6 Å². The number of aromatic nitrogens is 3. The van der Waals surface area contributed by atoms with Crippen LogP contribution in [0.3, 0.4) is 0 Å². The van der Waals surface area contributed by atoms with E-state index in [1.54, 1.807) is 49.0 Å². The molecule has 6 rings (SSSR count). The van der Waals surface area contributed by atoms with Gasteiger partial charge < -0.3 is 15.2 Å². The highest BCUT2D eigenvalue weighted by atomic mass is 32.2. The molecule has 0 atom stereocenters. The zero-order valence-corrected chi connectivity index (χ0v) is 21.9. The van der Waals surface area contributed by atoms with Crippen molar-refractivity contribution >= 4 is 49.3 Å². The number of nitrogens with one attached hydrogen (secondary N) is 1. The minimum Gasteiger partial charge on any atom is -0.494 e. The topological polar surface area (TPSA) is 115 Å². The number of anilines is 1. The Hall–Kier alpha value is -3.32. The van der Waals surface area contributed by atoms with Gasteiger partial charge in [-0.3, -0.25) is 13.8 Å². The summed E-state index contributed by atoms with van der Waals surface area (Å²) in [5.74, 6) is 0.213. The number of hydrogen-bond donors (Lipinski definition) is 3. The first-order valence-corrected chi connectivity index (χ1v) is 14.3. The molecule has 1 aromatic carbocycles. The summed E-state index contributed by atoms with van der Waals surface area (Å²) in [6, 6.07) is 10.9. The summed E-state index contributed by atoms with van der Waals surface area (Å²) < 4.78 is 29.2. The van der Waals surface area contributed by atoms with Crippen molar-refractivity contribution in [2.75, 3.05) is 11.4 Å². The third-order valence-corrected chi connectivity index (χ3v) is 10.7. The number of hydrogen-bond acceptors (Lipinski definition) is 8. The second kappa shape index (κ2) is 8.37. The number of aromatic amines is 1. The van der Waals surface area contributed by atoms with Gasteiger partial charge in [0.05, 0.1) is 16.9 Å². The molecule has 5 heterocycles. The molecule has 0 bridgehead atoms. The number of thiazole rings is 1. The van der Waals surface area contributed by atoms with E-state index in [9.17, 15) is 18.6 Å². The van der Waals surface area contributed by atoms with Crippen molar-refractivity contribution in [3.05, 3.63) is 64.0 Å². The van der Waals surface area contributed by atoms with Crippen molar-refractivity contribution in [2.24, 2.45) is 7.05 Å². The van der Waals surface area contributed by atoms with E-state index in [2.05, 4.69) is 14.9 Å². The highest BCUT2D eigenvalue weighted by molar-refractivity contribution is 7.94. The summed E-state index contributed by atoms with van der Waals surface area (Å²) in [6.45, 7) is 1.76. The van der Waals surface area contributed by atoms with Crippen LogP contribution in [0.1, 0.15) is 16.0 Å². The number of para-hydroxylation sites is 1. The predicted octanol–water partition coefficient (Wildman–Crippen LogP) is 4.44. The second-order valence-electron chi connectivity index (χ2n) is 8.77. The molecule has 186 valence electrons. The van der Waals surface area contributed by atoms with Gasteiger partial charge in [0.1, 0.15) is 9.22 Å². The Morgan fingerprint density at radius 1 is 1.14 bits per heavy atom. The predicted molar refractivity (Wildman–Crippen MR) is 141 cm³/mol. The Balaban J connectivity index is 1.25. The van der Waals surface area contributed by atoms with Crippen molar-refractivity contribution in [1.82, 2.24) is 19.4 Å². The molecule has 0 saturated heterocycles. The molecule has 0 unspecified atom stereocenters. The van der Waals surface area contributed by atoms with Gasteiger partial charge >= 0.3 is 0 Å². The molecule has 36 heavy (non-hydrogen) atoms. The Kier molecular flexibility index (Phi) is 5.37. The molecule has 9 nitrogen and oxygen atoms in total. The lowest BCUT2D eigenvalue weighted by molar-refractivity contribution is 0.266. The lowest BCUT2D eigenvalue weighted by atomic mass is 10.2. The van der Waals surface area contributed by atoms with E-state index in [4.69, 9.17) is 0 Å². The lowest BCUT2D eigenvalue weighted by Crippen LogP contribution is -2.26. The van der Waals surface area contributed by atoms with Crippen LogP contribution in [-0.4, -0.2) is 45.1 Å². The Morgan fingerprint density at radius 3 is 2.58 bits per heavy atom. The number of H-pyrrole nitrogens is 1. The van der Waals surface area contributed by atoms with Crippen LogP contribution in [0.4, 0.5) is 5.69 Å². The van der Waals surface area contributed by atoms with Gasteiger partial charge in [0.2, 0.25) is 0 Å². The summed E-state index contributed by atoms with van der Waals surface area (Å²) in [5, 5.41) is 23.9. The maximum atomic E-state index is 13.1. The number of fused-ring (bicyclic) bond motifs is 2. The molecule has 1 aliphatic rings. The fourth-order valence-electron chi connectivity index (χ4n) is 4.64. The average molecular weight is 542 g/mol. The molecule has 4 aromatic heterocycles. The fourth-order valence-corrected chi connectivity index (χ4v) is 7.93. The van der Waals surface area contributed by atoms with Crippen molar-refractivity contribution in [2.45, 2.75) is 23.8 Å². The molecule has 3 N–H and O–H groups in total. The first-order chi connectivity index (χ1) is 17.2. The van der Waals surface area contributed by atoms with Gasteiger partial charge in [0, 0.05) is 61.3 Å². The molecule has 1 aliphatic heterocycles. The zero-order valence-electron chi connectivity index (χ0n) is 19.5. The summed E-state index contributed by atoms with van der Waals surface area (Å²) in [6.07, 6.45) is 1.84. The van der Waals surface area contributed by atoms with Crippen molar-refractivity contribution < 1.29 is 18.6 Å². The van der Waals surface area contributed by atoms with Gasteiger partial charge in [0.25, 0.3) is 10.0 Å². The van der Waals surface area contributed by atoms with Crippen LogP contribution in [-0.2, 0) is 36.7 Å². The van der Waals surface area contributed by atoms with Crippen LogP contribution < -0.4 is 4.31 Å². The fraction of sp³-hybridized carbons (Fsp3) is 0.208. The third-order valence-electron chi connectivity index (χ3n) is 6.55. The quantitative estimate of drug-likeness (QED) is 0.293. The third kappa shape index (κ3) is 3.60. The highest BCUT2D eigenvalue weighted by Crippen LogP contribution is 2.40. The van der Waals surface area contributed by atoms with E-state index in [0.717, 1.165) is 37.6 Å². The Labute approximate surface area is 215 Å². The minimum absolute atomic E-state index is 0.106. The van der Waals surface area contributed by atoms with Crippen molar-refractivity contribution in [3.8, 4) is 22.5 Å². The number of rotatable bonds is 6. The summed E-state index contributed by atoms with van der Waals surface area (Å²) in [4.78, 5) is 11.2. The number of sulfonamides is 1. The van der Waals surface area contributed by atoms with E-state index in [1.165, 1.54) is 20.2 Å². The molecule has 0 spiro atoms. The lowest BCUT2D eigenvalue weighted by Gasteiger charge is -2.19. The first-order valence-electron chi connectivity index (χ1n) is 11.1. The average Bonchev–Trinajstić information content (AvgIpc) is 3.67. The smallest absolute Gasteiger partial charge is 0.273 e. The molecule has 0 fully saturated rings. The summed E-state index contributed by atoms with van der Waals surface area (Å²) in [7, 11) is -0.448. The number of benzene rings is 1. The summed E-state index contributed by atoms with van der Waals surface area (Å²) >= 11 is 2.75. The molecule has 0 radical (unpaired) electrons. The maximum absolute atomic E-state index is 13.1. The standard InChI is InChI=1S/C24H23N5O4S3/c1-27-23(30)16-12-29(13-17(16)24(27)31)11-15-10-25-22(35-15)18-9-14-5-3-6-19(21(14)26-18)28(2)36(32,33)20-7-4-8-34-20/h3-10,26,30-31H,11-13H2,1-2H3. The Bertz CT molecular complexity index is 1670. The molecule has 0 saturated carbocycles. The van der Waals surface area contributed by atoms with Gasteiger partial charge in [-0.1, -0.05) is 18.2 Å². The molecule has 12 heteroatoms. The zero-order chi connectivity index (χ0) is 25.2. The monoisotopic (exact) mass is 541 g/mol. The van der Waals surface area contributed by atoms with Crippen LogP contribution in [0.5, 0.6) is 11.8 Å². The number of thiophene rings is 1. The molecule has 5 aromatic rings. The maximum Gasteiger partial charge on any atom is 0.273 e. The SMILES string of the molecule is CN(c1cccc2cc(-c3ncc(CN4Cc5c(c(O)n(C)c5O)C4)s3)[nH]c12)S(=O)(=O)c1cccs1. The number of nitrogens with zero attached hydrogens (tertiary/aromatic N) is 4. The van der Waals surface area contributed by atoms with Gasteiger partial charge in [-0.15, -0.1) is 22.7 Å². The van der Waals surface area contributed by atoms with Gasteiger partial charge in [0.15, 0.2) is 11.8 Å². The van der Waals surface area contributed by atoms with Crippen LogP contribution in [0, 0.1) is 0 Å². The molecule has 0 aliphatic carbocycles. The van der Waals surface area contributed by atoms with Crippen molar-refractivity contribution in [1.29, 1.82) is 0 Å². The summed E-state index contributed by atoms with van der Waals surface area (Å²) in [5.41, 5.74) is 3.65. The van der Waals surface area contributed by atoms with Crippen molar-refractivity contribution in [3.63, 3.8) is 0 Å². The van der Waals surface area contributed by atoms with E-state index in [0.29, 0.717) is 29.5 Å². The molecular weight excluding hydrogens is 518 g/mol. The first kappa shape index (κ1) is 23.1. The van der Waals surface area contributed by atoms with Gasteiger partial charge in [-0.25, -0.2) is 13.4 Å². The molecular formula is C24H23N5O4S3.